The van der Waals surface area contributed by atoms with Crippen LogP contribution >= 0.6 is 21.6 Å². The van der Waals surface area contributed by atoms with Gasteiger partial charge in [0.2, 0.25) is 0 Å². The largest absolute Gasteiger partial charge is 0.399 e. The van der Waals surface area contributed by atoms with Gasteiger partial charge in [-0.3, -0.25) is 0 Å². The molecule has 0 aromatic carbocycles. The molecule has 0 aromatic rings. The highest BCUT2D eigenvalue weighted by molar-refractivity contribution is 8.77. The van der Waals surface area contributed by atoms with E-state index in [0.717, 1.165) is 0 Å². The van der Waals surface area contributed by atoms with E-state index < -0.39 is 0 Å². The van der Waals surface area contributed by atoms with Crippen molar-refractivity contribution in [1.29, 1.82) is 0 Å². The predicted octanol–water partition coefficient (Wildman–Crippen LogP) is 2.41. The Morgan fingerprint density at radius 3 is 2.50 bits per heavy atom. The van der Waals surface area contributed by atoms with Crippen LogP contribution in [0, 0.1) is 0 Å². The molecule has 10 heavy (non-hydrogen) atoms. The smallest absolute Gasteiger partial charge is 0.106 e. The quantitative estimate of drug-likeness (QED) is 0.376. The maximum absolute atomic E-state index is 4.57. The van der Waals surface area contributed by atoms with Crippen LogP contribution in [0.2, 0.25) is 0 Å². The molecular formula is C6H13NOS2. The minimum absolute atomic E-state index is 0.0649. The molecule has 0 rings (SSSR count). The summed E-state index contributed by atoms with van der Waals surface area (Å²) >= 11 is 0. The third kappa shape index (κ3) is 4.99. The topological polar surface area (TPSA) is 21.6 Å². The second-order valence-electron chi connectivity index (χ2n) is 2.27. The Kier molecular flexibility index (Phi) is 4.99. The van der Waals surface area contributed by atoms with Crippen LogP contribution in [-0.4, -0.2) is 24.3 Å². The number of nitrogens with zero attached hydrogens (tertiary/aromatic N) is 1. The summed E-state index contributed by atoms with van der Waals surface area (Å²) in [5, 5.41) is 3.70. The van der Waals surface area contributed by atoms with Gasteiger partial charge in [0.05, 0.1) is 11.0 Å². The highest BCUT2D eigenvalue weighted by Crippen LogP contribution is 2.31. The van der Waals surface area contributed by atoms with Crippen molar-refractivity contribution < 1.29 is 4.84 Å². The van der Waals surface area contributed by atoms with Gasteiger partial charge in [0, 0.05) is 0 Å². The molecule has 0 saturated carbocycles. The number of oxime groups is 1. The van der Waals surface area contributed by atoms with Gasteiger partial charge >= 0.3 is 0 Å². The number of hydrogen-bond donors (Lipinski definition) is 0. The lowest BCUT2D eigenvalue weighted by Gasteiger charge is -2.14. The van der Waals surface area contributed by atoms with Crippen molar-refractivity contribution in [3.63, 3.8) is 0 Å². The first-order valence-electron chi connectivity index (χ1n) is 2.92. The fourth-order valence-electron chi connectivity index (χ4n) is 0.416. The molecule has 60 valence electrons. The number of rotatable bonds is 4. The zero-order valence-corrected chi connectivity index (χ0v) is 8.38. The molecule has 0 spiro atoms. The Hall–Kier alpha value is 0.170. The summed E-state index contributed by atoms with van der Waals surface area (Å²) in [4.78, 5) is 4.57. The maximum Gasteiger partial charge on any atom is 0.106 e. The predicted molar refractivity (Wildman–Crippen MR) is 50.7 cm³/mol. The third-order valence-corrected chi connectivity index (χ3v) is 3.26. The second kappa shape index (κ2) is 4.91. The Balaban J connectivity index is 3.73. The molecule has 0 saturated heterocycles. The van der Waals surface area contributed by atoms with Crippen molar-refractivity contribution in [2.75, 3.05) is 13.4 Å². The van der Waals surface area contributed by atoms with Crippen molar-refractivity contribution in [2.45, 2.75) is 18.6 Å². The summed E-state index contributed by atoms with van der Waals surface area (Å²) in [5.74, 6) is 0. The van der Waals surface area contributed by atoms with E-state index >= 15 is 0 Å². The molecule has 0 unspecified atom stereocenters. The Morgan fingerprint density at radius 2 is 2.10 bits per heavy atom. The van der Waals surface area contributed by atoms with Crippen LogP contribution in [0.5, 0.6) is 0 Å². The lowest BCUT2D eigenvalue weighted by molar-refractivity contribution is 0.214. The third-order valence-electron chi connectivity index (χ3n) is 0.767. The molecular weight excluding hydrogens is 166 g/mol. The van der Waals surface area contributed by atoms with Gasteiger partial charge in [0.15, 0.2) is 0 Å². The van der Waals surface area contributed by atoms with E-state index in [-0.39, 0.29) is 4.75 Å². The molecule has 0 aliphatic carbocycles. The van der Waals surface area contributed by atoms with Crippen LogP contribution in [-0.2, 0) is 4.84 Å². The monoisotopic (exact) mass is 179 g/mol. The van der Waals surface area contributed by atoms with Crippen molar-refractivity contribution in [1.82, 2.24) is 0 Å². The minimum Gasteiger partial charge on any atom is -0.399 e. The van der Waals surface area contributed by atoms with Crippen molar-refractivity contribution in [3.8, 4) is 0 Å². The fourth-order valence-corrected chi connectivity index (χ4v) is 2.35. The summed E-state index contributed by atoms with van der Waals surface area (Å²) in [6, 6.07) is 0. The second-order valence-corrected chi connectivity index (χ2v) is 5.32. The van der Waals surface area contributed by atoms with Gasteiger partial charge in [0.1, 0.15) is 7.11 Å². The molecule has 0 radical (unpaired) electrons. The van der Waals surface area contributed by atoms with Crippen LogP contribution in [0.4, 0.5) is 0 Å². The Labute approximate surface area is 70.2 Å². The average Bonchev–Trinajstić information content (AvgIpc) is 1.84. The summed E-state index contributed by atoms with van der Waals surface area (Å²) in [6.07, 6.45) is 3.85. The molecule has 0 N–H and O–H groups in total. The van der Waals surface area contributed by atoms with Gasteiger partial charge in [-0.2, -0.15) is 0 Å². The van der Waals surface area contributed by atoms with E-state index in [1.807, 2.05) is 6.26 Å². The van der Waals surface area contributed by atoms with Gasteiger partial charge in [-0.05, 0) is 20.1 Å². The zero-order chi connectivity index (χ0) is 8.04. The van der Waals surface area contributed by atoms with Gasteiger partial charge in [-0.15, -0.1) is 0 Å². The van der Waals surface area contributed by atoms with Crippen LogP contribution in [0.15, 0.2) is 5.16 Å². The first-order chi connectivity index (χ1) is 4.62. The normalized spacial score (nSPS) is 12.4. The Morgan fingerprint density at radius 1 is 1.50 bits per heavy atom. The SMILES string of the molecule is CO/N=C/C(C)(C)SSC. The molecule has 0 fully saturated rings. The lowest BCUT2D eigenvalue weighted by atomic mass is 10.2. The highest BCUT2D eigenvalue weighted by atomic mass is 33.1. The van der Waals surface area contributed by atoms with Gasteiger partial charge in [-0.25, -0.2) is 0 Å². The molecule has 0 amide bonds. The summed E-state index contributed by atoms with van der Waals surface area (Å²) in [7, 11) is 5.04. The molecule has 4 heteroatoms. The molecule has 0 aliphatic rings. The lowest BCUT2D eigenvalue weighted by Crippen LogP contribution is -2.14. The zero-order valence-electron chi connectivity index (χ0n) is 6.75. The van der Waals surface area contributed by atoms with Crippen molar-refractivity contribution >= 4 is 27.8 Å². The van der Waals surface area contributed by atoms with Gasteiger partial charge < -0.3 is 4.84 Å². The van der Waals surface area contributed by atoms with Crippen LogP contribution in [0.25, 0.3) is 0 Å². The summed E-state index contributed by atoms with van der Waals surface area (Å²) in [6.45, 7) is 4.19. The molecule has 0 heterocycles. The first kappa shape index (κ1) is 10.2. The van der Waals surface area contributed by atoms with E-state index in [2.05, 4.69) is 23.8 Å². The van der Waals surface area contributed by atoms with Crippen molar-refractivity contribution in [3.05, 3.63) is 0 Å². The highest BCUT2D eigenvalue weighted by Gasteiger charge is 2.14. The maximum atomic E-state index is 4.57. The summed E-state index contributed by atoms with van der Waals surface area (Å²) < 4.78 is 0.0649. The van der Waals surface area contributed by atoms with Crippen LogP contribution in [0.1, 0.15) is 13.8 Å². The van der Waals surface area contributed by atoms with Crippen LogP contribution < -0.4 is 0 Å². The van der Waals surface area contributed by atoms with E-state index in [1.165, 1.54) is 0 Å². The fraction of sp³-hybridized carbons (Fsp3) is 0.833. The van der Waals surface area contributed by atoms with E-state index in [4.69, 9.17) is 0 Å². The molecule has 2 nitrogen and oxygen atoms in total. The van der Waals surface area contributed by atoms with Crippen LogP contribution in [0.3, 0.4) is 0 Å². The van der Waals surface area contributed by atoms with Crippen molar-refractivity contribution in [2.24, 2.45) is 5.16 Å². The Bertz CT molecular complexity index is 114. The molecule has 0 aromatic heterocycles. The average molecular weight is 179 g/mol. The van der Waals surface area contributed by atoms with E-state index in [1.54, 1.807) is 34.9 Å². The first-order valence-corrected chi connectivity index (χ1v) is 5.47. The van der Waals surface area contributed by atoms with E-state index in [9.17, 15) is 0 Å². The summed E-state index contributed by atoms with van der Waals surface area (Å²) in [5.41, 5.74) is 0. The van der Waals surface area contributed by atoms with Gasteiger partial charge in [0.25, 0.3) is 0 Å². The standard InChI is InChI=1S/C6H13NOS2/c1-6(2,10-9-4)5-7-8-3/h5H,1-4H3/b7-5+. The van der Waals surface area contributed by atoms with E-state index in [0.29, 0.717) is 0 Å². The molecule has 0 aliphatic heterocycles. The molecule has 0 atom stereocenters. The molecule has 0 bridgehead atoms. The van der Waals surface area contributed by atoms with Gasteiger partial charge in [-0.1, -0.05) is 26.7 Å². The number of hydrogen-bond acceptors (Lipinski definition) is 4. The minimum atomic E-state index is 0.0649.